The summed E-state index contributed by atoms with van der Waals surface area (Å²) in [5, 5.41) is 0.868. The summed E-state index contributed by atoms with van der Waals surface area (Å²) >= 11 is 1.57. The molecule has 0 amide bonds. The summed E-state index contributed by atoms with van der Waals surface area (Å²) in [5.74, 6) is -1.63. The summed E-state index contributed by atoms with van der Waals surface area (Å²) in [4.78, 5) is 7.26. The van der Waals surface area contributed by atoms with Crippen molar-refractivity contribution in [3.63, 3.8) is 0 Å². The minimum Gasteiger partial charge on any atom is -0.347 e. The molecule has 0 fully saturated rings. The first-order valence-corrected chi connectivity index (χ1v) is 5.95. The first-order valence-electron chi connectivity index (χ1n) is 5.14. The smallest absolute Gasteiger partial charge is 0.185 e. The Morgan fingerprint density at radius 1 is 1.29 bits per heavy atom. The SMILES string of the molecule is Cc1cnc(N(C)Cc2ccc(F)c(F)c2)s1. The van der Waals surface area contributed by atoms with Crippen molar-refractivity contribution >= 4 is 16.5 Å². The number of aromatic nitrogens is 1. The summed E-state index contributed by atoms with van der Waals surface area (Å²) in [7, 11) is 1.87. The highest BCUT2D eigenvalue weighted by molar-refractivity contribution is 7.15. The molecule has 2 aromatic rings. The van der Waals surface area contributed by atoms with Crippen molar-refractivity contribution in [1.82, 2.24) is 4.98 Å². The van der Waals surface area contributed by atoms with E-state index in [9.17, 15) is 8.78 Å². The molecule has 0 aliphatic rings. The number of hydrogen-bond acceptors (Lipinski definition) is 3. The lowest BCUT2D eigenvalue weighted by atomic mass is 10.2. The minimum atomic E-state index is -0.818. The van der Waals surface area contributed by atoms with E-state index in [-0.39, 0.29) is 0 Å². The highest BCUT2D eigenvalue weighted by atomic mass is 32.1. The molecule has 2 nitrogen and oxygen atoms in total. The molecule has 0 atom stereocenters. The molecule has 17 heavy (non-hydrogen) atoms. The van der Waals surface area contributed by atoms with Crippen LogP contribution in [0, 0.1) is 18.6 Å². The van der Waals surface area contributed by atoms with Gasteiger partial charge < -0.3 is 4.90 Å². The van der Waals surface area contributed by atoms with E-state index in [4.69, 9.17) is 0 Å². The predicted octanol–water partition coefficient (Wildman–Crippen LogP) is 3.37. The summed E-state index contributed by atoms with van der Waals surface area (Å²) in [5.41, 5.74) is 0.722. The monoisotopic (exact) mass is 254 g/mol. The molecular weight excluding hydrogens is 242 g/mol. The van der Waals surface area contributed by atoms with Crippen LogP contribution in [0.1, 0.15) is 10.4 Å². The van der Waals surface area contributed by atoms with Crippen molar-refractivity contribution in [3.8, 4) is 0 Å². The molecule has 0 aliphatic heterocycles. The lowest BCUT2D eigenvalue weighted by molar-refractivity contribution is 0.507. The van der Waals surface area contributed by atoms with E-state index in [0.29, 0.717) is 6.54 Å². The van der Waals surface area contributed by atoms with Gasteiger partial charge in [-0.25, -0.2) is 13.8 Å². The molecule has 1 aromatic carbocycles. The van der Waals surface area contributed by atoms with Crippen molar-refractivity contribution < 1.29 is 8.78 Å². The Kier molecular flexibility index (Phi) is 3.38. The third-order valence-corrected chi connectivity index (χ3v) is 3.37. The average Bonchev–Trinajstić information content (AvgIpc) is 2.70. The number of aryl methyl sites for hydroxylation is 1. The molecule has 1 heterocycles. The fourth-order valence-electron chi connectivity index (χ4n) is 1.50. The Hall–Kier alpha value is -1.49. The van der Waals surface area contributed by atoms with Gasteiger partial charge in [-0.15, -0.1) is 11.3 Å². The lowest BCUT2D eigenvalue weighted by Crippen LogP contribution is -2.16. The third kappa shape index (κ3) is 2.79. The van der Waals surface area contributed by atoms with Crippen LogP contribution in [0.5, 0.6) is 0 Å². The van der Waals surface area contributed by atoms with Crippen LogP contribution in [0.4, 0.5) is 13.9 Å². The first-order chi connectivity index (χ1) is 8.06. The van der Waals surface area contributed by atoms with Crippen molar-refractivity contribution in [2.45, 2.75) is 13.5 Å². The molecule has 5 heteroatoms. The van der Waals surface area contributed by atoms with Crippen LogP contribution >= 0.6 is 11.3 Å². The number of hydrogen-bond donors (Lipinski definition) is 0. The van der Waals surface area contributed by atoms with Crippen molar-refractivity contribution in [3.05, 3.63) is 46.5 Å². The zero-order chi connectivity index (χ0) is 12.4. The quantitative estimate of drug-likeness (QED) is 0.835. The molecule has 0 saturated heterocycles. The summed E-state index contributed by atoms with van der Waals surface area (Å²) in [6.07, 6.45) is 1.79. The Morgan fingerprint density at radius 2 is 2.06 bits per heavy atom. The van der Waals surface area contributed by atoms with E-state index in [1.165, 1.54) is 6.07 Å². The van der Waals surface area contributed by atoms with E-state index < -0.39 is 11.6 Å². The van der Waals surface area contributed by atoms with Gasteiger partial charge in [0.1, 0.15) is 0 Å². The Bertz CT molecular complexity index is 525. The van der Waals surface area contributed by atoms with Gasteiger partial charge in [-0.05, 0) is 24.6 Å². The molecule has 0 saturated carbocycles. The fraction of sp³-hybridized carbons (Fsp3) is 0.250. The van der Waals surface area contributed by atoms with E-state index in [0.717, 1.165) is 21.6 Å². The van der Waals surface area contributed by atoms with E-state index in [2.05, 4.69) is 4.98 Å². The second-order valence-electron chi connectivity index (χ2n) is 3.86. The first kappa shape index (κ1) is 12.0. The Balaban J connectivity index is 2.12. The maximum Gasteiger partial charge on any atom is 0.185 e. The number of benzene rings is 1. The van der Waals surface area contributed by atoms with Crippen LogP contribution in [-0.2, 0) is 6.54 Å². The van der Waals surface area contributed by atoms with Gasteiger partial charge >= 0.3 is 0 Å². The molecule has 0 aliphatic carbocycles. The van der Waals surface area contributed by atoms with Crippen LogP contribution in [0.2, 0.25) is 0 Å². The maximum atomic E-state index is 13.0. The molecule has 0 N–H and O–H groups in total. The summed E-state index contributed by atoms with van der Waals surface area (Å²) in [6, 6.07) is 3.94. The van der Waals surface area contributed by atoms with Gasteiger partial charge in [0.15, 0.2) is 16.8 Å². The molecule has 90 valence electrons. The highest BCUT2D eigenvalue weighted by Gasteiger charge is 2.08. The van der Waals surface area contributed by atoms with E-state index >= 15 is 0 Å². The number of halogens is 2. The van der Waals surface area contributed by atoms with Crippen LogP contribution in [-0.4, -0.2) is 12.0 Å². The summed E-state index contributed by atoms with van der Waals surface area (Å²) in [6.45, 7) is 2.48. The zero-order valence-corrected chi connectivity index (χ0v) is 10.4. The minimum absolute atomic E-state index is 0.504. The zero-order valence-electron chi connectivity index (χ0n) is 9.58. The van der Waals surface area contributed by atoms with Crippen molar-refractivity contribution in [2.24, 2.45) is 0 Å². The average molecular weight is 254 g/mol. The topological polar surface area (TPSA) is 16.1 Å². The standard InChI is InChI=1S/C12H12F2N2S/c1-8-6-15-12(17-8)16(2)7-9-3-4-10(13)11(14)5-9/h3-6H,7H2,1-2H3. The van der Waals surface area contributed by atoms with Gasteiger partial charge in [-0.1, -0.05) is 6.07 Å². The lowest BCUT2D eigenvalue weighted by Gasteiger charge is -2.15. The van der Waals surface area contributed by atoms with E-state index in [1.807, 2.05) is 18.9 Å². The van der Waals surface area contributed by atoms with Crippen LogP contribution in [0.15, 0.2) is 24.4 Å². The van der Waals surface area contributed by atoms with Gasteiger partial charge in [0.25, 0.3) is 0 Å². The molecule has 2 rings (SSSR count). The van der Waals surface area contributed by atoms with Gasteiger partial charge in [0.2, 0.25) is 0 Å². The summed E-state index contributed by atoms with van der Waals surface area (Å²) < 4.78 is 25.8. The molecule has 0 radical (unpaired) electrons. The Labute approximate surface area is 103 Å². The van der Waals surface area contributed by atoms with E-state index in [1.54, 1.807) is 23.6 Å². The normalized spacial score (nSPS) is 10.6. The number of rotatable bonds is 3. The van der Waals surface area contributed by atoms with Crippen molar-refractivity contribution in [2.75, 3.05) is 11.9 Å². The number of anilines is 1. The van der Waals surface area contributed by atoms with Crippen LogP contribution in [0.3, 0.4) is 0 Å². The largest absolute Gasteiger partial charge is 0.347 e. The second kappa shape index (κ2) is 4.79. The molecule has 0 spiro atoms. The van der Waals surface area contributed by atoms with Crippen LogP contribution in [0.25, 0.3) is 0 Å². The predicted molar refractivity (Wildman–Crippen MR) is 65.3 cm³/mol. The highest BCUT2D eigenvalue weighted by Crippen LogP contribution is 2.22. The molecule has 1 aromatic heterocycles. The molecule has 0 unspecified atom stereocenters. The third-order valence-electron chi connectivity index (χ3n) is 2.34. The van der Waals surface area contributed by atoms with Crippen molar-refractivity contribution in [1.29, 1.82) is 0 Å². The van der Waals surface area contributed by atoms with Gasteiger partial charge in [0, 0.05) is 24.7 Å². The molecular formula is C12H12F2N2S. The van der Waals surface area contributed by atoms with Gasteiger partial charge in [0.05, 0.1) is 0 Å². The van der Waals surface area contributed by atoms with Gasteiger partial charge in [-0.2, -0.15) is 0 Å². The number of nitrogens with zero attached hydrogens (tertiary/aromatic N) is 2. The second-order valence-corrected chi connectivity index (χ2v) is 5.07. The maximum absolute atomic E-state index is 13.0. The Morgan fingerprint density at radius 3 is 2.65 bits per heavy atom. The van der Waals surface area contributed by atoms with Crippen LogP contribution < -0.4 is 4.90 Å². The fourth-order valence-corrected chi connectivity index (χ4v) is 2.22. The molecule has 0 bridgehead atoms. The van der Waals surface area contributed by atoms with Gasteiger partial charge in [-0.3, -0.25) is 0 Å². The number of thiazole rings is 1.